The summed E-state index contributed by atoms with van der Waals surface area (Å²) < 4.78 is 7.04. The lowest BCUT2D eigenvalue weighted by Crippen LogP contribution is -2.31. The molecule has 1 aliphatic rings. The summed E-state index contributed by atoms with van der Waals surface area (Å²) in [6.07, 6.45) is 3.75. The van der Waals surface area contributed by atoms with Gasteiger partial charge in [-0.1, -0.05) is 42.1 Å². The van der Waals surface area contributed by atoms with Crippen molar-refractivity contribution in [1.82, 2.24) is 25.1 Å². The third-order valence-electron chi connectivity index (χ3n) is 4.35. The van der Waals surface area contributed by atoms with Crippen molar-refractivity contribution in [2.75, 3.05) is 13.1 Å². The molecule has 0 bridgehead atoms. The molecule has 1 aromatic carbocycles. The summed E-state index contributed by atoms with van der Waals surface area (Å²) in [5.74, 6) is 0.882. The molecule has 2 aromatic heterocycles. The van der Waals surface area contributed by atoms with E-state index in [1.165, 1.54) is 11.8 Å². The van der Waals surface area contributed by atoms with Crippen LogP contribution in [0, 0.1) is 0 Å². The Labute approximate surface area is 155 Å². The number of likely N-dealkylation sites (tertiary alicyclic amines) is 1. The van der Waals surface area contributed by atoms with Crippen molar-refractivity contribution in [3.8, 4) is 0 Å². The third-order valence-corrected chi connectivity index (χ3v) is 5.57. The molecule has 1 atom stereocenters. The molecule has 26 heavy (non-hydrogen) atoms. The first-order valence-electron chi connectivity index (χ1n) is 8.60. The van der Waals surface area contributed by atoms with Gasteiger partial charge in [0.05, 0.1) is 6.26 Å². The second kappa shape index (κ2) is 7.74. The van der Waals surface area contributed by atoms with Gasteiger partial charge in [-0.25, -0.2) is 4.68 Å². The van der Waals surface area contributed by atoms with Gasteiger partial charge < -0.3 is 9.32 Å². The van der Waals surface area contributed by atoms with E-state index >= 15 is 0 Å². The van der Waals surface area contributed by atoms with Crippen LogP contribution in [0.15, 0.2) is 58.3 Å². The van der Waals surface area contributed by atoms with E-state index in [9.17, 15) is 4.79 Å². The maximum Gasteiger partial charge on any atom is 0.240 e. The molecule has 8 heteroatoms. The standard InChI is InChI=1S/C18H19N5O2S/c24-17(22-10-4-5-11-22)16(14-7-2-1-3-8-14)26-18-19-20-21-23(18)13-15-9-6-12-25-15/h1-3,6-9,12,16H,4-5,10-11,13H2. The van der Waals surface area contributed by atoms with Crippen LogP contribution in [0.3, 0.4) is 0 Å². The highest BCUT2D eigenvalue weighted by atomic mass is 32.2. The molecular weight excluding hydrogens is 350 g/mol. The fourth-order valence-electron chi connectivity index (χ4n) is 3.03. The van der Waals surface area contributed by atoms with Crippen LogP contribution in [0.25, 0.3) is 0 Å². The summed E-state index contributed by atoms with van der Waals surface area (Å²) in [7, 11) is 0. The molecule has 4 rings (SSSR count). The Morgan fingerprint density at radius 2 is 1.96 bits per heavy atom. The number of thioether (sulfide) groups is 1. The summed E-state index contributed by atoms with van der Waals surface area (Å²) in [5.41, 5.74) is 0.960. The lowest BCUT2D eigenvalue weighted by Gasteiger charge is -2.22. The molecule has 3 heterocycles. The Balaban J connectivity index is 1.59. The minimum absolute atomic E-state index is 0.117. The van der Waals surface area contributed by atoms with E-state index in [1.807, 2.05) is 47.4 Å². The normalized spacial score (nSPS) is 15.3. The van der Waals surface area contributed by atoms with E-state index in [-0.39, 0.29) is 11.2 Å². The van der Waals surface area contributed by atoms with Crippen molar-refractivity contribution in [3.05, 3.63) is 60.1 Å². The number of carbonyl (C=O) groups is 1. The van der Waals surface area contributed by atoms with Crippen molar-refractivity contribution in [2.45, 2.75) is 29.8 Å². The van der Waals surface area contributed by atoms with Crippen molar-refractivity contribution < 1.29 is 9.21 Å². The predicted molar refractivity (Wildman–Crippen MR) is 96.5 cm³/mol. The fourth-order valence-corrected chi connectivity index (χ4v) is 4.09. The number of rotatable bonds is 6. The Kier molecular flexibility index (Phi) is 5.01. The van der Waals surface area contributed by atoms with Gasteiger partial charge in [-0.2, -0.15) is 0 Å². The average molecular weight is 369 g/mol. The van der Waals surface area contributed by atoms with Gasteiger partial charge >= 0.3 is 0 Å². The zero-order valence-corrected chi connectivity index (χ0v) is 15.0. The number of nitrogens with zero attached hydrogens (tertiary/aromatic N) is 5. The maximum atomic E-state index is 13.1. The Morgan fingerprint density at radius 1 is 1.15 bits per heavy atom. The lowest BCUT2D eigenvalue weighted by atomic mass is 10.1. The first kappa shape index (κ1) is 16.8. The topological polar surface area (TPSA) is 77.0 Å². The van der Waals surface area contributed by atoms with E-state index in [2.05, 4.69) is 15.5 Å². The van der Waals surface area contributed by atoms with Crippen LogP contribution in [-0.2, 0) is 11.3 Å². The number of amides is 1. The first-order chi connectivity index (χ1) is 12.8. The molecule has 1 aliphatic heterocycles. The number of benzene rings is 1. The van der Waals surface area contributed by atoms with Gasteiger partial charge in [0.25, 0.3) is 0 Å². The van der Waals surface area contributed by atoms with Crippen LogP contribution in [0.5, 0.6) is 0 Å². The van der Waals surface area contributed by atoms with E-state index in [0.29, 0.717) is 11.7 Å². The zero-order valence-electron chi connectivity index (χ0n) is 14.2. The van der Waals surface area contributed by atoms with E-state index in [4.69, 9.17) is 4.42 Å². The molecule has 7 nitrogen and oxygen atoms in total. The van der Waals surface area contributed by atoms with Gasteiger partial charge in [0.15, 0.2) is 0 Å². The van der Waals surface area contributed by atoms with E-state index in [0.717, 1.165) is 37.3 Å². The molecule has 0 aliphatic carbocycles. The van der Waals surface area contributed by atoms with E-state index in [1.54, 1.807) is 10.9 Å². The summed E-state index contributed by atoms with van der Waals surface area (Å²) >= 11 is 1.39. The fraction of sp³-hybridized carbons (Fsp3) is 0.333. The monoisotopic (exact) mass is 369 g/mol. The van der Waals surface area contributed by atoms with Crippen LogP contribution in [0.2, 0.25) is 0 Å². The first-order valence-corrected chi connectivity index (χ1v) is 9.48. The van der Waals surface area contributed by atoms with Crippen LogP contribution in [0.1, 0.15) is 29.4 Å². The lowest BCUT2D eigenvalue weighted by molar-refractivity contribution is -0.129. The minimum atomic E-state index is -0.365. The third kappa shape index (κ3) is 3.65. The number of hydrogen-bond donors (Lipinski definition) is 0. The van der Waals surface area contributed by atoms with Crippen molar-refractivity contribution in [3.63, 3.8) is 0 Å². The van der Waals surface area contributed by atoms with Crippen molar-refractivity contribution >= 4 is 17.7 Å². The van der Waals surface area contributed by atoms with Crippen LogP contribution in [0.4, 0.5) is 0 Å². The number of aromatic nitrogens is 4. The van der Waals surface area contributed by atoms with Gasteiger partial charge in [-0.05, 0) is 41.0 Å². The number of hydrogen-bond acceptors (Lipinski definition) is 6. The highest BCUT2D eigenvalue weighted by Crippen LogP contribution is 2.36. The smallest absolute Gasteiger partial charge is 0.240 e. The average Bonchev–Trinajstić information content (AvgIpc) is 3.44. The van der Waals surface area contributed by atoms with Crippen molar-refractivity contribution in [1.29, 1.82) is 0 Å². The molecule has 1 amide bonds. The molecule has 1 saturated heterocycles. The SMILES string of the molecule is O=C(C(Sc1nnnn1Cc1ccco1)c1ccccc1)N1CCCC1. The van der Waals surface area contributed by atoms with Gasteiger partial charge in [0, 0.05) is 13.1 Å². The quantitative estimate of drug-likeness (QED) is 0.622. The van der Waals surface area contributed by atoms with Crippen LogP contribution < -0.4 is 0 Å². The Hall–Kier alpha value is -2.61. The van der Waals surface area contributed by atoms with Crippen LogP contribution >= 0.6 is 11.8 Å². The second-order valence-corrected chi connectivity index (χ2v) is 7.21. The number of tetrazole rings is 1. The van der Waals surface area contributed by atoms with Crippen molar-refractivity contribution in [2.24, 2.45) is 0 Å². The predicted octanol–water partition coefficient (Wildman–Crippen LogP) is 2.77. The molecule has 134 valence electrons. The number of furan rings is 1. The summed E-state index contributed by atoms with van der Waals surface area (Å²) in [6.45, 7) is 2.07. The Bertz CT molecular complexity index is 844. The second-order valence-electron chi connectivity index (χ2n) is 6.14. The zero-order chi connectivity index (χ0) is 17.8. The Morgan fingerprint density at radius 3 is 2.69 bits per heavy atom. The molecular formula is C18H19N5O2S. The molecule has 0 spiro atoms. The molecule has 0 saturated carbocycles. The van der Waals surface area contributed by atoms with Gasteiger partial charge in [0.2, 0.25) is 11.1 Å². The summed E-state index contributed by atoms with van der Waals surface area (Å²) in [6, 6.07) is 13.5. The van der Waals surface area contributed by atoms with E-state index < -0.39 is 0 Å². The summed E-state index contributed by atoms with van der Waals surface area (Å²) in [5, 5.41) is 12.2. The molecule has 3 aromatic rings. The van der Waals surface area contributed by atoms with Gasteiger partial charge in [-0.3, -0.25) is 4.79 Å². The number of carbonyl (C=O) groups excluding carboxylic acids is 1. The molecule has 0 N–H and O–H groups in total. The molecule has 1 fully saturated rings. The van der Waals surface area contributed by atoms with Gasteiger partial charge in [0.1, 0.15) is 17.6 Å². The molecule has 0 radical (unpaired) electrons. The summed E-state index contributed by atoms with van der Waals surface area (Å²) in [4.78, 5) is 15.0. The highest BCUT2D eigenvalue weighted by Gasteiger charge is 2.30. The minimum Gasteiger partial charge on any atom is -0.467 e. The largest absolute Gasteiger partial charge is 0.467 e. The molecule has 1 unspecified atom stereocenters. The van der Waals surface area contributed by atoms with Crippen LogP contribution in [-0.4, -0.2) is 44.1 Å². The van der Waals surface area contributed by atoms with Gasteiger partial charge in [-0.15, -0.1) is 5.10 Å². The highest BCUT2D eigenvalue weighted by molar-refractivity contribution is 8.00. The maximum absolute atomic E-state index is 13.1.